The lowest BCUT2D eigenvalue weighted by Crippen LogP contribution is -1.93. The monoisotopic (exact) mass is 314 g/mol. The van der Waals surface area contributed by atoms with E-state index in [0.717, 1.165) is 16.8 Å². The third-order valence-corrected chi connectivity index (χ3v) is 4.31. The molecular formula is C13H12Cl2N2OS. The molecule has 0 aliphatic carbocycles. The van der Waals surface area contributed by atoms with Crippen molar-refractivity contribution in [2.45, 2.75) is 24.8 Å². The van der Waals surface area contributed by atoms with Gasteiger partial charge in [0.1, 0.15) is 0 Å². The predicted octanol–water partition coefficient (Wildman–Crippen LogP) is 4.40. The van der Waals surface area contributed by atoms with Gasteiger partial charge in [0.2, 0.25) is 5.88 Å². The minimum absolute atomic E-state index is 0.0242. The smallest absolute Gasteiger partial charge is 0.215 e. The standard InChI is InChI=1S/C13H12Cl2N2OS/c1-7-3-4-10(14)12(15)9(7)6-19-13-16-8(2)5-11(18)17-13/h3-5H,6H2,1-2H3,(H,16,17,18). The van der Waals surface area contributed by atoms with Gasteiger partial charge < -0.3 is 5.11 Å². The summed E-state index contributed by atoms with van der Waals surface area (Å²) in [7, 11) is 0. The van der Waals surface area contributed by atoms with Crippen molar-refractivity contribution >= 4 is 35.0 Å². The van der Waals surface area contributed by atoms with Crippen molar-refractivity contribution in [1.82, 2.24) is 9.97 Å². The average Bonchev–Trinajstić information content (AvgIpc) is 2.33. The van der Waals surface area contributed by atoms with E-state index in [0.29, 0.717) is 21.0 Å². The summed E-state index contributed by atoms with van der Waals surface area (Å²) in [4.78, 5) is 8.21. The normalized spacial score (nSPS) is 10.7. The zero-order valence-electron chi connectivity index (χ0n) is 10.4. The first kappa shape index (κ1) is 14.4. The second kappa shape index (κ2) is 5.99. The van der Waals surface area contributed by atoms with Gasteiger partial charge in [0.25, 0.3) is 0 Å². The van der Waals surface area contributed by atoms with Crippen molar-refractivity contribution in [1.29, 1.82) is 0 Å². The molecule has 1 N–H and O–H groups in total. The molecule has 1 aromatic carbocycles. The van der Waals surface area contributed by atoms with E-state index in [1.165, 1.54) is 17.8 Å². The Morgan fingerprint density at radius 2 is 1.95 bits per heavy atom. The van der Waals surface area contributed by atoms with Crippen LogP contribution in [0.1, 0.15) is 16.8 Å². The van der Waals surface area contributed by atoms with Crippen molar-refractivity contribution < 1.29 is 5.11 Å². The Kier molecular flexibility index (Phi) is 4.55. The van der Waals surface area contributed by atoms with Crippen molar-refractivity contribution in [3.8, 4) is 5.88 Å². The van der Waals surface area contributed by atoms with Gasteiger partial charge in [-0.25, -0.2) is 4.98 Å². The Labute approximate surface area is 126 Å². The van der Waals surface area contributed by atoms with Gasteiger partial charge in [-0.15, -0.1) is 0 Å². The van der Waals surface area contributed by atoms with Gasteiger partial charge in [0.15, 0.2) is 5.16 Å². The molecule has 0 radical (unpaired) electrons. The number of hydrogen-bond acceptors (Lipinski definition) is 4. The van der Waals surface area contributed by atoms with Gasteiger partial charge in [0.05, 0.1) is 10.0 Å². The molecule has 0 bridgehead atoms. The fourth-order valence-electron chi connectivity index (χ4n) is 1.59. The van der Waals surface area contributed by atoms with Gasteiger partial charge in [-0.2, -0.15) is 4.98 Å². The summed E-state index contributed by atoms with van der Waals surface area (Å²) in [6.45, 7) is 3.79. The lowest BCUT2D eigenvalue weighted by Gasteiger charge is -2.09. The summed E-state index contributed by atoms with van der Waals surface area (Å²) in [5, 5.41) is 11.1. The number of thioether (sulfide) groups is 1. The summed E-state index contributed by atoms with van der Waals surface area (Å²) in [5.74, 6) is 0.581. The second-order valence-electron chi connectivity index (χ2n) is 4.10. The van der Waals surface area contributed by atoms with Crippen LogP contribution in [0.2, 0.25) is 10.0 Å². The van der Waals surface area contributed by atoms with Gasteiger partial charge in [-0.3, -0.25) is 0 Å². The Balaban J connectivity index is 2.21. The fraction of sp³-hybridized carbons (Fsp3) is 0.231. The molecule has 2 aromatic rings. The molecule has 1 aromatic heterocycles. The van der Waals surface area contributed by atoms with Crippen LogP contribution in [-0.2, 0) is 5.75 Å². The number of benzene rings is 1. The molecule has 0 saturated heterocycles. The molecule has 1 heterocycles. The van der Waals surface area contributed by atoms with Gasteiger partial charge in [0, 0.05) is 17.5 Å². The molecule has 0 aliphatic heterocycles. The van der Waals surface area contributed by atoms with Crippen LogP contribution in [0.3, 0.4) is 0 Å². The maximum Gasteiger partial charge on any atom is 0.215 e. The lowest BCUT2D eigenvalue weighted by atomic mass is 10.1. The van der Waals surface area contributed by atoms with Crippen molar-refractivity contribution in [2.24, 2.45) is 0 Å². The summed E-state index contributed by atoms with van der Waals surface area (Å²) in [6, 6.07) is 5.22. The maximum atomic E-state index is 9.43. The molecule has 19 heavy (non-hydrogen) atoms. The second-order valence-corrected chi connectivity index (χ2v) is 5.82. The molecule has 0 atom stereocenters. The number of aromatic hydroxyl groups is 1. The molecule has 0 spiro atoms. The van der Waals surface area contributed by atoms with Crippen LogP contribution in [0, 0.1) is 13.8 Å². The molecule has 0 aliphatic rings. The Morgan fingerprint density at radius 1 is 1.21 bits per heavy atom. The highest BCUT2D eigenvalue weighted by atomic mass is 35.5. The fourth-order valence-corrected chi connectivity index (χ4v) is 3.14. The zero-order chi connectivity index (χ0) is 14.0. The number of aromatic nitrogens is 2. The van der Waals surface area contributed by atoms with Crippen LogP contribution in [-0.4, -0.2) is 15.1 Å². The number of rotatable bonds is 3. The van der Waals surface area contributed by atoms with Crippen LogP contribution < -0.4 is 0 Å². The Morgan fingerprint density at radius 3 is 2.63 bits per heavy atom. The van der Waals surface area contributed by atoms with Crippen molar-refractivity contribution in [2.75, 3.05) is 0 Å². The first-order valence-corrected chi connectivity index (χ1v) is 7.32. The molecule has 3 nitrogen and oxygen atoms in total. The molecule has 2 rings (SSSR count). The Bertz CT molecular complexity index is 600. The van der Waals surface area contributed by atoms with Crippen LogP contribution in [0.15, 0.2) is 23.4 Å². The Hall–Kier alpha value is -0.970. The number of aryl methyl sites for hydroxylation is 2. The first-order valence-electron chi connectivity index (χ1n) is 5.58. The summed E-state index contributed by atoms with van der Waals surface area (Å²) in [5.41, 5.74) is 2.76. The number of hydrogen-bond donors (Lipinski definition) is 1. The predicted molar refractivity (Wildman–Crippen MR) is 79.2 cm³/mol. The summed E-state index contributed by atoms with van der Waals surface area (Å²) < 4.78 is 0. The SMILES string of the molecule is Cc1cc(O)nc(SCc2c(C)ccc(Cl)c2Cl)n1. The van der Waals surface area contributed by atoms with Crippen molar-refractivity contribution in [3.05, 3.63) is 45.1 Å². The van der Waals surface area contributed by atoms with E-state index in [1.54, 1.807) is 6.07 Å². The molecule has 0 fully saturated rings. The average molecular weight is 315 g/mol. The van der Waals surface area contributed by atoms with E-state index in [-0.39, 0.29) is 5.88 Å². The third kappa shape index (κ3) is 3.53. The van der Waals surface area contributed by atoms with Gasteiger partial charge >= 0.3 is 0 Å². The van der Waals surface area contributed by atoms with Crippen LogP contribution in [0.5, 0.6) is 5.88 Å². The highest BCUT2D eigenvalue weighted by Crippen LogP contribution is 2.32. The van der Waals surface area contributed by atoms with Crippen LogP contribution in [0.25, 0.3) is 0 Å². The summed E-state index contributed by atoms with van der Waals surface area (Å²) in [6.07, 6.45) is 0. The van der Waals surface area contributed by atoms with E-state index >= 15 is 0 Å². The maximum absolute atomic E-state index is 9.43. The van der Waals surface area contributed by atoms with E-state index in [1.807, 2.05) is 19.9 Å². The molecule has 6 heteroatoms. The molecular weight excluding hydrogens is 303 g/mol. The highest BCUT2D eigenvalue weighted by molar-refractivity contribution is 7.98. The topological polar surface area (TPSA) is 46.0 Å². The van der Waals surface area contributed by atoms with E-state index in [4.69, 9.17) is 23.2 Å². The van der Waals surface area contributed by atoms with E-state index in [9.17, 15) is 5.11 Å². The van der Waals surface area contributed by atoms with Crippen LogP contribution in [0.4, 0.5) is 0 Å². The molecule has 100 valence electrons. The highest BCUT2D eigenvalue weighted by Gasteiger charge is 2.10. The van der Waals surface area contributed by atoms with Crippen LogP contribution >= 0.6 is 35.0 Å². The van der Waals surface area contributed by atoms with E-state index in [2.05, 4.69) is 9.97 Å². The van der Waals surface area contributed by atoms with E-state index < -0.39 is 0 Å². The van der Waals surface area contributed by atoms with Crippen molar-refractivity contribution in [3.63, 3.8) is 0 Å². The minimum atomic E-state index is -0.0242. The number of nitrogens with zero attached hydrogens (tertiary/aromatic N) is 2. The third-order valence-electron chi connectivity index (χ3n) is 2.60. The molecule has 0 saturated carbocycles. The summed E-state index contributed by atoms with van der Waals surface area (Å²) >= 11 is 13.6. The van der Waals surface area contributed by atoms with Gasteiger partial charge in [-0.1, -0.05) is 41.0 Å². The molecule has 0 amide bonds. The first-order chi connectivity index (χ1) is 8.97. The zero-order valence-corrected chi connectivity index (χ0v) is 12.8. The number of halogens is 2. The quantitative estimate of drug-likeness (QED) is 0.673. The minimum Gasteiger partial charge on any atom is -0.493 e. The largest absolute Gasteiger partial charge is 0.493 e. The lowest BCUT2D eigenvalue weighted by molar-refractivity contribution is 0.444. The molecule has 0 unspecified atom stereocenters. The van der Waals surface area contributed by atoms with Gasteiger partial charge in [-0.05, 0) is 31.0 Å².